The number of hydrogen-bond donors (Lipinski definition) is 1. The van der Waals surface area contributed by atoms with Gasteiger partial charge in [-0.1, -0.05) is 35.5 Å². The van der Waals surface area contributed by atoms with Crippen LogP contribution in [0.25, 0.3) is 11.5 Å². The van der Waals surface area contributed by atoms with Crippen LogP contribution >= 0.6 is 24.2 Å². The molecule has 1 aliphatic heterocycles. The number of aromatic nitrogens is 2. The van der Waals surface area contributed by atoms with Gasteiger partial charge < -0.3 is 9.42 Å². The van der Waals surface area contributed by atoms with Crippen LogP contribution in [0.15, 0.2) is 28.8 Å². The summed E-state index contributed by atoms with van der Waals surface area (Å²) in [5.74, 6) is 1.09. The lowest BCUT2D eigenvalue weighted by Gasteiger charge is -2.32. The fourth-order valence-corrected chi connectivity index (χ4v) is 2.74. The van der Waals surface area contributed by atoms with Crippen molar-refractivity contribution in [2.45, 2.75) is 6.54 Å². The second-order valence-corrected chi connectivity index (χ2v) is 5.89. The largest absolute Gasteiger partial charge is 0.334 e. The maximum absolute atomic E-state index is 11.2. The SMILES string of the molecule is O=C(S)N1CCN(Cc2noc(-c3cccc(Cl)c3)n2)CC1. The fourth-order valence-electron chi connectivity index (χ4n) is 2.35. The Kier molecular flexibility index (Phi) is 4.66. The van der Waals surface area contributed by atoms with E-state index in [1.165, 1.54) is 0 Å². The molecule has 2 heterocycles. The molecule has 22 heavy (non-hydrogen) atoms. The average molecular weight is 339 g/mol. The van der Waals surface area contributed by atoms with Crippen LogP contribution in [0.2, 0.25) is 5.02 Å². The van der Waals surface area contributed by atoms with Crippen LogP contribution in [0.5, 0.6) is 0 Å². The molecule has 1 fully saturated rings. The standard InChI is InChI=1S/C14H15ClN4O2S/c15-11-3-1-2-10(8-11)13-16-12(17-21-13)9-18-4-6-19(7-5-18)14(20)22/h1-3,8H,4-7,9H2,(H,20,22). The number of nitrogens with zero attached hydrogens (tertiary/aromatic N) is 4. The molecule has 1 aliphatic rings. The van der Waals surface area contributed by atoms with Gasteiger partial charge >= 0.3 is 0 Å². The van der Waals surface area contributed by atoms with Crippen LogP contribution < -0.4 is 0 Å². The first-order valence-corrected chi connectivity index (χ1v) is 7.73. The normalized spacial score (nSPS) is 16.0. The number of carbonyl (C=O) groups is 1. The van der Waals surface area contributed by atoms with Gasteiger partial charge in [-0.2, -0.15) is 4.98 Å². The maximum atomic E-state index is 11.2. The average Bonchev–Trinajstić information content (AvgIpc) is 2.96. The Bertz CT molecular complexity index is 670. The molecule has 6 nitrogen and oxygen atoms in total. The lowest BCUT2D eigenvalue weighted by Crippen LogP contribution is -2.46. The van der Waals surface area contributed by atoms with Crippen molar-refractivity contribution in [3.8, 4) is 11.5 Å². The Morgan fingerprint density at radius 1 is 1.32 bits per heavy atom. The van der Waals surface area contributed by atoms with Crippen molar-refractivity contribution in [1.82, 2.24) is 19.9 Å². The van der Waals surface area contributed by atoms with E-state index in [0.717, 1.165) is 18.7 Å². The van der Waals surface area contributed by atoms with Gasteiger partial charge in [0.2, 0.25) is 0 Å². The third-order valence-corrected chi connectivity index (χ3v) is 4.07. The molecule has 1 aromatic heterocycles. The van der Waals surface area contributed by atoms with Crippen LogP contribution in [0.3, 0.4) is 0 Å². The van der Waals surface area contributed by atoms with Crippen LogP contribution in [0, 0.1) is 0 Å². The highest BCUT2D eigenvalue weighted by Crippen LogP contribution is 2.21. The van der Waals surface area contributed by atoms with Gasteiger partial charge in [0.1, 0.15) is 0 Å². The van der Waals surface area contributed by atoms with Gasteiger partial charge in [-0.05, 0) is 18.2 Å². The zero-order chi connectivity index (χ0) is 15.5. The van der Waals surface area contributed by atoms with E-state index in [9.17, 15) is 4.79 Å². The monoisotopic (exact) mass is 338 g/mol. The molecular weight excluding hydrogens is 324 g/mol. The second-order valence-electron chi connectivity index (χ2n) is 5.07. The highest BCUT2D eigenvalue weighted by molar-refractivity contribution is 7.96. The fraction of sp³-hybridized carbons (Fsp3) is 0.357. The summed E-state index contributed by atoms with van der Waals surface area (Å²) in [5, 5.41) is 4.46. The first kappa shape index (κ1) is 15.3. The van der Waals surface area contributed by atoms with Gasteiger partial charge in [0.25, 0.3) is 11.1 Å². The first-order chi connectivity index (χ1) is 10.6. The van der Waals surface area contributed by atoms with E-state index in [0.29, 0.717) is 36.4 Å². The number of hydrogen-bond acceptors (Lipinski definition) is 5. The van der Waals surface area contributed by atoms with Gasteiger partial charge in [0.05, 0.1) is 6.54 Å². The Balaban J connectivity index is 1.62. The molecule has 1 aromatic carbocycles. The van der Waals surface area contributed by atoms with Crippen LogP contribution in [-0.4, -0.2) is 51.4 Å². The summed E-state index contributed by atoms with van der Waals surface area (Å²) in [5.41, 5.74) is 0.803. The van der Waals surface area contributed by atoms with E-state index in [-0.39, 0.29) is 5.24 Å². The summed E-state index contributed by atoms with van der Waals surface area (Å²) in [6, 6.07) is 7.30. The van der Waals surface area contributed by atoms with E-state index in [2.05, 4.69) is 27.7 Å². The molecule has 0 saturated carbocycles. The van der Waals surface area contributed by atoms with Crippen LogP contribution in [0.1, 0.15) is 5.82 Å². The molecule has 1 amide bonds. The predicted molar refractivity (Wildman–Crippen MR) is 86.0 cm³/mol. The van der Waals surface area contributed by atoms with Crippen molar-refractivity contribution < 1.29 is 9.32 Å². The van der Waals surface area contributed by atoms with E-state index in [1.54, 1.807) is 17.0 Å². The van der Waals surface area contributed by atoms with E-state index in [4.69, 9.17) is 16.1 Å². The summed E-state index contributed by atoms with van der Waals surface area (Å²) in [6.07, 6.45) is 0. The number of thiol groups is 1. The van der Waals surface area contributed by atoms with Crippen LogP contribution in [-0.2, 0) is 6.54 Å². The van der Waals surface area contributed by atoms with E-state index in [1.807, 2.05) is 12.1 Å². The molecule has 1 saturated heterocycles. The molecule has 0 spiro atoms. The summed E-state index contributed by atoms with van der Waals surface area (Å²) < 4.78 is 5.28. The van der Waals surface area contributed by atoms with Gasteiger partial charge in [0, 0.05) is 36.8 Å². The molecule has 2 aromatic rings. The van der Waals surface area contributed by atoms with Gasteiger partial charge in [-0.25, -0.2) is 0 Å². The molecule has 0 N–H and O–H groups in total. The first-order valence-electron chi connectivity index (χ1n) is 6.90. The summed E-state index contributed by atoms with van der Waals surface area (Å²) in [7, 11) is 0. The third kappa shape index (κ3) is 3.60. The minimum Gasteiger partial charge on any atom is -0.334 e. The molecule has 8 heteroatoms. The molecule has 0 aliphatic carbocycles. The summed E-state index contributed by atoms with van der Waals surface area (Å²) in [4.78, 5) is 19.5. The van der Waals surface area contributed by atoms with Crippen molar-refractivity contribution in [2.24, 2.45) is 0 Å². The summed E-state index contributed by atoms with van der Waals surface area (Å²) in [6.45, 7) is 3.47. The van der Waals surface area contributed by atoms with Crippen molar-refractivity contribution in [1.29, 1.82) is 0 Å². The highest BCUT2D eigenvalue weighted by atomic mass is 35.5. The Hall–Kier alpha value is -1.57. The topological polar surface area (TPSA) is 62.5 Å². The quantitative estimate of drug-likeness (QED) is 0.871. The number of piperazine rings is 1. The molecule has 116 valence electrons. The second kappa shape index (κ2) is 6.68. The molecule has 3 rings (SSSR count). The smallest absolute Gasteiger partial charge is 0.278 e. The van der Waals surface area contributed by atoms with Crippen molar-refractivity contribution >= 4 is 29.5 Å². The van der Waals surface area contributed by atoms with Gasteiger partial charge in [0.15, 0.2) is 5.82 Å². The molecule has 0 radical (unpaired) electrons. The minimum atomic E-state index is -0.178. The number of amides is 1. The van der Waals surface area contributed by atoms with Crippen molar-refractivity contribution in [2.75, 3.05) is 26.2 Å². The van der Waals surface area contributed by atoms with Crippen molar-refractivity contribution in [3.63, 3.8) is 0 Å². The zero-order valence-electron chi connectivity index (χ0n) is 11.8. The maximum Gasteiger partial charge on any atom is 0.278 e. The number of halogens is 1. The number of carbonyl (C=O) groups excluding carboxylic acids is 1. The molecular formula is C14H15ClN4O2S. The van der Waals surface area contributed by atoms with Crippen LogP contribution in [0.4, 0.5) is 4.79 Å². The number of benzene rings is 1. The van der Waals surface area contributed by atoms with Gasteiger partial charge in [-0.15, -0.1) is 0 Å². The van der Waals surface area contributed by atoms with Gasteiger partial charge in [-0.3, -0.25) is 9.69 Å². The predicted octanol–water partition coefficient (Wildman–Crippen LogP) is 2.56. The third-order valence-electron chi connectivity index (χ3n) is 3.55. The van der Waals surface area contributed by atoms with Crippen molar-refractivity contribution in [3.05, 3.63) is 35.1 Å². The Morgan fingerprint density at radius 3 is 2.77 bits per heavy atom. The molecule has 0 atom stereocenters. The van der Waals surface area contributed by atoms with E-state index >= 15 is 0 Å². The number of rotatable bonds is 3. The highest BCUT2D eigenvalue weighted by Gasteiger charge is 2.20. The molecule has 0 unspecified atom stereocenters. The molecule has 0 bridgehead atoms. The summed E-state index contributed by atoms with van der Waals surface area (Å²) >= 11 is 9.80. The lowest BCUT2D eigenvalue weighted by molar-refractivity contribution is 0.146. The van der Waals surface area contributed by atoms with E-state index < -0.39 is 0 Å². The minimum absolute atomic E-state index is 0.178. The Labute approximate surface area is 138 Å². The Morgan fingerprint density at radius 2 is 2.09 bits per heavy atom. The lowest BCUT2D eigenvalue weighted by atomic mass is 10.2. The zero-order valence-corrected chi connectivity index (χ0v) is 13.4.